The van der Waals surface area contributed by atoms with Gasteiger partial charge in [0.05, 0.1) is 24.3 Å². The number of nitrogens with zero attached hydrogens (tertiary/aromatic N) is 1. The molecule has 0 radical (unpaired) electrons. The highest BCUT2D eigenvalue weighted by atomic mass is 35.5. The minimum atomic E-state index is -3.52. The summed E-state index contributed by atoms with van der Waals surface area (Å²) in [6, 6.07) is 13.1. The lowest BCUT2D eigenvalue weighted by Crippen LogP contribution is -2.64. The van der Waals surface area contributed by atoms with Gasteiger partial charge >= 0.3 is 0 Å². The molecule has 2 aromatic rings. The topological polar surface area (TPSA) is 66.5 Å². The van der Waals surface area contributed by atoms with E-state index in [2.05, 4.69) is 4.72 Å². The Hall–Kier alpha value is -2.03. The smallest absolute Gasteiger partial charge is 0.229 e. The zero-order valence-corrected chi connectivity index (χ0v) is 18.5. The van der Waals surface area contributed by atoms with Crippen LogP contribution >= 0.6 is 11.6 Å². The van der Waals surface area contributed by atoms with Gasteiger partial charge in [0.25, 0.3) is 0 Å². The van der Waals surface area contributed by atoms with Crippen LogP contribution in [0.5, 0.6) is 0 Å². The van der Waals surface area contributed by atoms with Crippen molar-refractivity contribution in [1.29, 1.82) is 0 Å². The van der Waals surface area contributed by atoms with E-state index in [1.54, 1.807) is 42.5 Å². The molecule has 1 amide bonds. The maximum atomic E-state index is 15.9. The Kier molecular flexibility index (Phi) is 5.83. The molecular formula is C22H23ClF2N2O3S. The number of halogens is 3. The first-order valence-corrected chi connectivity index (χ1v) is 12.2. The summed E-state index contributed by atoms with van der Waals surface area (Å²) in [5, 5.41) is 0.480. The molecule has 1 heterocycles. The van der Waals surface area contributed by atoms with Crippen molar-refractivity contribution in [3.63, 3.8) is 0 Å². The molecule has 2 fully saturated rings. The Balaban J connectivity index is 1.53. The summed E-state index contributed by atoms with van der Waals surface area (Å²) < 4.78 is 55.6. The fraction of sp³-hybridized carbons (Fsp3) is 0.409. The third-order valence-corrected chi connectivity index (χ3v) is 7.79. The van der Waals surface area contributed by atoms with Crippen LogP contribution in [0.4, 0.5) is 8.78 Å². The molecule has 5 nitrogen and oxygen atoms in total. The number of carbonyl (C=O) groups excluding carboxylic acids is 1. The van der Waals surface area contributed by atoms with Crippen LogP contribution in [0.2, 0.25) is 5.02 Å². The summed E-state index contributed by atoms with van der Waals surface area (Å²) in [4.78, 5) is 14.2. The van der Waals surface area contributed by atoms with E-state index < -0.39 is 39.7 Å². The molecule has 1 aliphatic carbocycles. The Labute approximate surface area is 185 Å². The lowest BCUT2D eigenvalue weighted by Gasteiger charge is -2.44. The van der Waals surface area contributed by atoms with Gasteiger partial charge in [0, 0.05) is 23.6 Å². The minimum Gasteiger partial charge on any atom is -0.332 e. The van der Waals surface area contributed by atoms with Gasteiger partial charge in [-0.2, -0.15) is 0 Å². The van der Waals surface area contributed by atoms with Crippen LogP contribution in [0.15, 0.2) is 48.5 Å². The van der Waals surface area contributed by atoms with Crippen LogP contribution in [0, 0.1) is 5.92 Å². The van der Waals surface area contributed by atoms with Crippen molar-refractivity contribution in [1.82, 2.24) is 9.62 Å². The fourth-order valence-electron chi connectivity index (χ4n) is 4.09. The second-order valence-corrected chi connectivity index (χ2v) is 10.5. The van der Waals surface area contributed by atoms with Crippen LogP contribution in [-0.4, -0.2) is 50.3 Å². The maximum Gasteiger partial charge on any atom is 0.229 e. The van der Waals surface area contributed by atoms with Gasteiger partial charge in [-0.1, -0.05) is 54.1 Å². The van der Waals surface area contributed by atoms with E-state index >= 15 is 4.39 Å². The number of likely N-dealkylation sites (tertiary alicyclic amines) is 1. The molecule has 1 saturated heterocycles. The van der Waals surface area contributed by atoms with E-state index in [9.17, 15) is 17.6 Å². The van der Waals surface area contributed by atoms with E-state index in [1.807, 2.05) is 6.07 Å². The Morgan fingerprint density at radius 1 is 1.19 bits per heavy atom. The minimum absolute atomic E-state index is 0.00579. The molecule has 1 aliphatic heterocycles. The average molecular weight is 469 g/mol. The van der Waals surface area contributed by atoms with Gasteiger partial charge in [-0.3, -0.25) is 4.79 Å². The molecule has 9 heteroatoms. The summed E-state index contributed by atoms with van der Waals surface area (Å²) in [7, 11) is -3.52. The SMILES string of the molecule is CCS(=O)(=O)NC[C@@H]1[C@H](F)CN1C(=O)[C@H]1C[C@]1(F)c1ccccc1-c1ccccc1Cl. The molecule has 0 aromatic heterocycles. The molecule has 0 spiro atoms. The number of hydrogen-bond acceptors (Lipinski definition) is 3. The average Bonchev–Trinajstić information content (AvgIpc) is 3.44. The highest BCUT2D eigenvalue weighted by molar-refractivity contribution is 7.89. The first kappa shape index (κ1) is 22.2. The summed E-state index contributed by atoms with van der Waals surface area (Å²) in [5.41, 5.74) is -0.205. The monoisotopic (exact) mass is 468 g/mol. The van der Waals surface area contributed by atoms with Crippen LogP contribution in [0.25, 0.3) is 11.1 Å². The third-order valence-electron chi connectivity index (χ3n) is 6.09. The van der Waals surface area contributed by atoms with Crippen molar-refractivity contribution >= 4 is 27.5 Å². The van der Waals surface area contributed by atoms with Gasteiger partial charge < -0.3 is 4.90 Å². The van der Waals surface area contributed by atoms with Crippen molar-refractivity contribution in [2.45, 2.75) is 31.2 Å². The Morgan fingerprint density at radius 2 is 1.84 bits per heavy atom. The lowest BCUT2D eigenvalue weighted by molar-refractivity contribution is -0.147. The largest absolute Gasteiger partial charge is 0.332 e. The van der Waals surface area contributed by atoms with E-state index in [1.165, 1.54) is 11.8 Å². The van der Waals surface area contributed by atoms with E-state index in [0.29, 0.717) is 21.7 Å². The lowest BCUT2D eigenvalue weighted by atomic mass is 9.93. The van der Waals surface area contributed by atoms with E-state index in [-0.39, 0.29) is 25.3 Å². The van der Waals surface area contributed by atoms with Gasteiger partial charge in [-0.15, -0.1) is 0 Å². The summed E-state index contributed by atoms with van der Waals surface area (Å²) in [6.45, 7) is 1.10. The van der Waals surface area contributed by atoms with Crippen LogP contribution in [0.1, 0.15) is 18.9 Å². The number of amides is 1. The van der Waals surface area contributed by atoms with Gasteiger partial charge in [-0.25, -0.2) is 21.9 Å². The number of hydrogen-bond donors (Lipinski definition) is 1. The van der Waals surface area contributed by atoms with E-state index in [4.69, 9.17) is 11.6 Å². The number of alkyl halides is 2. The molecule has 31 heavy (non-hydrogen) atoms. The fourth-order valence-corrected chi connectivity index (χ4v) is 4.95. The van der Waals surface area contributed by atoms with E-state index in [0.717, 1.165) is 0 Å². The van der Waals surface area contributed by atoms with Gasteiger partial charge in [-0.05, 0) is 24.1 Å². The zero-order chi connectivity index (χ0) is 22.4. The van der Waals surface area contributed by atoms with Crippen molar-refractivity contribution in [2.75, 3.05) is 18.8 Å². The number of benzene rings is 2. The van der Waals surface area contributed by atoms with Crippen LogP contribution < -0.4 is 4.72 Å². The summed E-state index contributed by atoms with van der Waals surface area (Å²) in [5.74, 6) is -1.57. The maximum absolute atomic E-state index is 15.9. The second kappa shape index (κ2) is 8.15. The highest BCUT2D eigenvalue weighted by Crippen LogP contribution is 2.59. The van der Waals surface area contributed by atoms with Gasteiger partial charge in [0.1, 0.15) is 11.8 Å². The Bertz CT molecular complexity index is 1110. The van der Waals surface area contributed by atoms with Crippen molar-refractivity contribution < 1.29 is 22.0 Å². The molecule has 4 rings (SSSR count). The first-order valence-electron chi connectivity index (χ1n) is 10.1. The van der Waals surface area contributed by atoms with Crippen molar-refractivity contribution in [3.8, 4) is 11.1 Å². The number of carbonyl (C=O) groups is 1. The number of nitrogens with one attached hydrogen (secondary N) is 1. The molecule has 4 atom stereocenters. The van der Waals surface area contributed by atoms with Gasteiger partial charge in [0.2, 0.25) is 15.9 Å². The molecule has 166 valence electrons. The number of rotatable bonds is 7. The molecular weight excluding hydrogens is 446 g/mol. The quantitative estimate of drug-likeness (QED) is 0.674. The summed E-state index contributed by atoms with van der Waals surface area (Å²) in [6.07, 6.45) is -1.35. The predicted molar refractivity (Wildman–Crippen MR) is 116 cm³/mol. The van der Waals surface area contributed by atoms with Crippen LogP contribution in [0.3, 0.4) is 0 Å². The first-order chi connectivity index (χ1) is 14.7. The predicted octanol–water partition coefficient (Wildman–Crippen LogP) is 3.68. The normalized spacial score (nSPS) is 27.6. The molecule has 1 N–H and O–H groups in total. The Morgan fingerprint density at radius 3 is 2.48 bits per heavy atom. The van der Waals surface area contributed by atoms with Crippen molar-refractivity contribution in [2.24, 2.45) is 5.92 Å². The molecule has 0 unspecified atom stereocenters. The second-order valence-electron chi connectivity index (χ2n) is 7.97. The van der Waals surface area contributed by atoms with Crippen LogP contribution in [-0.2, 0) is 20.5 Å². The molecule has 2 aliphatic rings. The third kappa shape index (κ3) is 4.08. The molecule has 2 aromatic carbocycles. The molecule has 0 bridgehead atoms. The van der Waals surface area contributed by atoms with Crippen molar-refractivity contribution in [3.05, 3.63) is 59.1 Å². The molecule has 1 saturated carbocycles. The summed E-state index contributed by atoms with van der Waals surface area (Å²) >= 11 is 6.31. The highest BCUT2D eigenvalue weighted by Gasteiger charge is 2.64. The zero-order valence-electron chi connectivity index (χ0n) is 16.9. The standard InChI is InChI=1S/C22H23ClF2N2O3S/c1-2-31(29,30)26-12-20-19(24)13-27(20)21(28)17-11-22(17,25)16-9-5-3-7-14(16)15-8-4-6-10-18(15)23/h3-10,17,19-20,26H,2,11-13H2,1H3/t17-,19-,20-,22+/m1/s1. The number of sulfonamides is 1. The van der Waals surface area contributed by atoms with Gasteiger partial charge in [0.15, 0.2) is 0 Å².